The molecule has 0 radical (unpaired) electrons. The predicted molar refractivity (Wildman–Crippen MR) is 104 cm³/mol. The first-order valence-corrected chi connectivity index (χ1v) is 8.57. The van der Waals surface area contributed by atoms with Crippen molar-refractivity contribution in [3.63, 3.8) is 0 Å². The van der Waals surface area contributed by atoms with Gasteiger partial charge in [-0.1, -0.05) is 72.3 Å². The minimum atomic E-state index is 0.769. The summed E-state index contributed by atoms with van der Waals surface area (Å²) in [5, 5.41) is 9.00. The molecule has 4 heteroatoms. The van der Waals surface area contributed by atoms with E-state index in [1.165, 1.54) is 5.56 Å². The van der Waals surface area contributed by atoms with Crippen molar-refractivity contribution in [2.75, 3.05) is 0 Å². The van der Waals surface area contributed by atoms with Gasteiger partial charge in [-0.3, -0.25) is 4.40 Å². The first-order chi connectivity index (χ1) is 12.8. The molecule has 26 heavy (non-hydrogen) atoms. The molecule has 4 nitrogen and oxygen atoms in total. The van der Waals surface area contributed by atoms with Crippen LogP contribution in [0.4, 0.5) is 0 Å². The van der Waals surface area contributed by atoms with Crippen molar-refractivity contribution in [2.24, 2.45) is 0 Å². The van der Waals surface area contributed by atoms with E-state index >= 15 is 0 Å². The van der Waals surface area contributed by atoms with E-state index in [1.807, 2.05) is 36.4 Å². The van der Waals surface area contributed by atoms with Gasteiger partial charge < -0.3 is 0 Å². The molecule has 0 aliphatic carbocycles. The Hall–Kier alpha value is -3.53. The average Bonchev–Trinajstić information content (AvgIpc) is 3.14. The number of aromatic nitrogens is 4. The van der Waals surface area contributed by atoms with E-state index in [0.29, 0.717) is 0 Å². The maximum Gasteiger partial charge on any atom is 0.188 e. The Morgan fingerprint density at radius 1 is 0.692 bits per heavy atom. The lowest BCUT2D eigenvalue weighted by molar-refractivity contribution is 1.11. The van der Waals surface area contributed by atoms with Crippen molar-refractivity contribution in [1.29, 1.82) is 0 Å². The van der Waals surface area contributed by atoms with Crippen LogP contribution in [0, 0.1) is 6.92 Å². The molecule has 0 bridgehead atoms. The van der Waals surface area contributed by atoms with Crippen LogP contribution in [0.15, 0.2) is 78.9 Å². The fourth-order valence-corrected chi connectivity index (χ4v) is 3.26. The standard InChI is InChI=1S/C22H16N4/c1-15-11-13-17(14-12-15)21-24-25-22-20(16-7-3-2-4-8-16)23-18-9-5-6-10-19(18)26(21)22/h2-14H,1H3. The first-order valence-electron chi connectivity index (χ1n) is 8.57. The van der Waals surface area contributed by atoms with Gasteiger partial charge in [-0.15, -0.1) is 10.2 Å². The number of nitrogens with zero attached hydrogens (tertiary/aromatic N) is 4. The molecule has 0 saturated carbocycles. The SMILES string of the molecule is Cc1ccc(-c2nnc3c(-c4ccccc4)nc4ccccc4n23)cc1. The molecule has 0 saturated heterocycles. The molecule has 0 fully saturated rings. The van der Waals surface area contributed by atoms with Crippen LogP contribution in [-0.2, 0) is 0 Å². The highest BCUT2D eigenvalue weighted by molar-refractivity contribution is 5.87. The third-order valence-corrected chi connectivity index (χ3v) is 4.59. The Morgan fingerprint density at radius 3 is 2.23 bits per heavy atom. The second-order valence-corrected chi connectivity index (χ2v) is 6.36. The molecular formula is C22H16N4. The molecule has 0 atom stereocenters. The molecule has 0 unspecified atom stereocenters. The number of hydrogen-bond acceptors (Lipinski definition) is 3. The van der Waals surface area contributed by atoms with E-state index in [-0.39, 0.29) is 0 Å². The number of benzene rings is 3. The normalized spacial score (nSPS) is 11.3. The summed E-state index contributed by atoms with van der Waals surface area (Å²) in [6.45, 7) is 2.08. The van der Waals surface area contributed by atoms with Crippen LogP contribution in [0.2, 0.25) is 0 Å². The van der Waals surface area contributed by atoms with Crippen LogP contribution in [0.5, 0.6) is 0 Å². The molecule has 124 valence electrons. The minimum absolute atomic E-state index is 0.769. The topological polar surface area (TPSA) is 43.1 Å². The Labute approximate surface area is 150 Å². The molecule has 2 aromatic heterocycles. The highest BCUT2D eigenvalue weighted by Gasteiger charge is 2.17. The smallest absolute Gasteiger partial charge is 0.188 e. The lowest BCUT2D eigenvalue weighted by Crippen LogP contribution is -1.97. The minimum Gasteiger partial charge on any atom is -0.271 e. The van der Waals surface area contributed by atoms with Gasteiger partial charge in [0.2, 0.25) is 0 Å². The summed E-state index contributed by atoms with van der Waals surface area (Å²) in [6.07, 6.45) is 0. The third-order valence-electron chi connectivity index (χ3n) is 4.59. The zero-order valence-electron chi connectivity index (χ0n) is 14.3. The molecule has 0 aliphatic rings. The summed E-state index contributed by atoms with van der Waals surface area (Å²) in [4.78, 5) is 4.87. The molecule has 0 aliphatic heterocycles. The van der Waals surface area contributed by atoms with Gasteiger partial charge in [0.15, 0.2) is 11.5 Å². The molecular weight excluding hydrogens is 320 g/mol. The Balaban J connectivity index is 1.90. The van der Waals surface area contributed by atoms with Crippen molar-refractivity contribution in [3.05, 3.63) is 84.4 Å². The van der Waals surface area contributed by atoms with Crippen LogP contribution in [0.1, 0.15) is 5.56 Å². The van der Waals surface area contributed by atoms with Gasteiger partial charge in [0.05, 0.1) is 11.0 Å². The highest BCUT2D eigenvalue weighted by Crippen LogP contribution is 2.29. The molecule has 0 spiro atoms. The van der Waals surface area contributed by atoms with Crippen LogP contribution >= 0.6 is 0 Å². The monoisotopic (exact) mass is 336 g/mol. The summed E-state index contributed by atoms with van der Waals surface area (Å²) in [7, 11) is 0. The number of fused-ring (bicyclic) bond motifs is 3. The molecule has 0 N–H and O–H groups in total. The van der Waals surface area contributed by atoms with Gasteiger partial charge in [0, 0.05) is 11.1 Å². The summed E-state index contributed by atoms with van der Waals surface area (Å²) in [5.41, 5.74) is 6.83. The summed E-state index contributed by atoms with van der Waals surface area (Å²) >= 11 is 0. The number of rotatable bonds is 2. The number of aryl methyl sites for hydroxylation is 1. The van der Waals surface area contributed by atoms with E-state index < -0.39 is 0 Å². The van der Waals surface area contributed by atoms with Gasteiger partial charge in [0.25, 0.3) is 0 Å². The lowest BCUT2D eigenvalue weighted by Gasteiger charge is -2.09. The quantitative estimate of drug-likeness (QED) is 0.459. The first kappa shape index (κ1) is 14.8. The summed E-state index contributed by atoms with van der Waals surface area (Å²) in [5.74, 6) is 0.829. The fourth-order valence-electron chi connectivity index (χ4n) is 3.26. The van der Waals surface area contributed by atoms with Gasteiger partial charge in [-0.25, -0.2) is 4.98 Å². The zero-order valence-corrected chi connectivity index (χ0v) is 14.3. The molecule has 5 aromatic rings. The number of hydrogen-bond donors (Lipinski definition) is 0. The van der Waals surface area contributed by atoms with E-state index in [2.05, 4.69) is 64.0 Å². The van der Waals surface area contributed by atoms with Crippen molar-refractivity contribution in [1.82, 2.24) is 19.6 Å². The van der Waals surface area contributed by atoms with Gasteiger partial charge >= 0.3 is 0 Å². The van der Waals surface area contributed by atoms with E-state index in [0.717, 1.165) is 39.3 Å². The van der Waals surface area contributed by atoms with Crippen LogP contribution in [-0.4, -0.2) is 19.6 Å². The second kappa shape index (κ2) is 5.77. The summed E-state index contributed by atoms with van der Waals surface area (Å²) < 4.78 is 2.11. The molecule has 0 amide bonds. The maximum atomic E-state index is 4.87. The van der Waals surface area contributed by atoms with Crippen molar-refractivity contribution < 1.29 is 0 Å². The Morgan fingerprint density at radius 2 is 1.42 bits per heavy atom. The lowest BCUT2D eigenvalue weighted by atomic mass is 10.1. The predicted octanol–water partition coefficient (Wildman–Crippen LogP) is 4.92. The van der Waals surface area contributed by atoms with Crippen molar-refractivity contribution in [3.8, 4) is 22.6 Å². The fraction of sp³-hybridized carbons (Fsp3) is 0.0455. The largest absolute Gasteiger partial charge is 0.271 e. The average molecular weight is 336 g/mol. The van der Waals surface area contributed by atoms with Crippen molar-refractivity contribution in [2.45, 2.75) is 6.92 Å². The Kier molecular flexibility index (Phi) is 3.28. The number of para-hydroxylation sites is 2. The zero-order chi connectivity index (χ0) is 17.5. The van der Waals surface area contributed by atoms with E-state index in [4.69, 9.17) is 4.98 Å². The van der Waals surface area contributed by atoms with E-state index in [1.54, 1.807) is 0 Å². The van der Waals surface area contributed by atoms with Crippen LogP contribution < -0.4 is 0 Å². The molecule has 2 heterocycles. The Bertz CT molecular complexity index is 1220. The van der Waals surface area contributed by atoms with E-state index in [9.17, 15) is 0 Å². The second-order valence-electron chi connectivity index (χ2n) is 6.36. The summed E-state index contributed by atoms with van der Waals surface area (Å²) in [6, 6.07) is 26.6. The van der Waals surface area contributed by atoms with Gasteiger partial charge in [-0.2, -0.15) is 0 Å². The van der Waals surface area contributed by atoms with Crippen molar-refractivity contribution >= 4 is 16.7 Å². The van der Waals surface area contributed by atoms with Crippen LogP contribution in [0.25, 0.3) is 39.3 Å². The maximum absolute atomic E-state index is 4.87. The molecule has 5 rings (SSSR count). The van der Waals surface area contributed by atoms with Crippen LogP contribution in [0.3, 0.4) is 0 Å². The van der Waals surface area contributed by atoms with Gasteiger partial charge in [0.1, 0.15) is 5.69 Å². The van der Waals surface area contributed by atoms with Gasteiger partial charge in [-0.05, 0) is 19.1 Å². The molecule has 3 aromatic carbocycles. The highest BCUT2D eigenvalue weighted by atomic mass is 15.3. The third kappa shape index (κ3) is 2.27.